The molecule has 25 heavy (non-hydrogen) atoms. The van der Waals surface area contributed by atoms with Crippen molar-refractivity contribution in [3.63, 3.8) is 0 Å². The van der Waals surface area contributed by atoms with Crippen LogP contribution in [0.4, 0.5) is 0 Å². The Bertz CT molecular complexity index is 383. The minimum Gasteiger partial charge on any atom is -0.478 e. The molecule has 0 aromatic rings. The number of nitrogens with two attached hydrogens (primary N) is 1. The molecule has 0 aliphatic carbocycles. The maximum atomic E-state index is 12.0. The Kier molecular flexibility index (Phi) is 12.1. The van der Waals surface area contributed by atoms with E-state index < -0.39 is 16.9 Å². The first kappa shape index (κ1) is 24.2. The summed E-state index contributed by atoms with van der Waals surface area (Å²) < 4.78 is 0. The molecule has 0 saturated carbocycles. The number of unbranched alkanes of at least 4 members (excludes halogenated alkanes) is 5. The molecule has 3 heteroatoms. The third-order valence-corrected chi connectivity index (χ3v) is 5.91. The van der Waals surface area contributed by atoms with E-state index in [4.69, 9.17) is 5.73 Å². The molecule has 0 saturated heterocycles. The molecule has 0 rings (SSSR count). The van der Waals surface area contributed by atoms with Crippen LogP contribution in [0.5, 0.6) is 0 Å². The zero-order valence-electron chi connectivity index (χ0n) is 17.3. The van der Waals surface area contributed by atoms with Crippen LogP contribution in [0, 0.1) is 5.41 Å². The summed E-state index contributed by atoms with van der Waals surface area (Å²) in [4.78, 5) is 12.0. The van der Waals surface area contributed by atoms with Crippen LogP contribution in [0.25, 0.3) is 0 Å². The van der Waals surface area contributed by atoms with Crippen molar-refractivity contribution in [3.8, 4) is 0 Å². The fraction of sp³-hybridized carbons (Fsp3) is 0.864. The van der Waals surface area contributed by atoms with Crippen LogP contribution < -0.4 is 5.73 Å². The minimum absolute atomic E-state index is 0.351. The van der Waals surface area contributed by atoms with Gasteiger partial charge in [0.2, 0.25) is 0 Å². The number of aliphatic carboxylic acids is 1. The van der Waals surface area contributed by atoms with Gasteiger partial charge < -0.3 is 10.8 Å². The second-order valence-electron chi connectivity index (χ2n) is 7.79. The van der Waals surface area contributed by atoms with E-state index in [1.807, 2.05) is 0 Å². The van der Waals surface area contributed by atoms with Crippen LogP contribution in [-0.2, 0) is 4.79 Å². The van der Waals surface area contributed by atoms with Crippen molar-refractivity contribution in [3.05, 3.63) is 12.2 Å². The Morgan fingerprint density at radius 3 is 1.60 bits per heavy atom. The molecule has 0 aliphatic heterocycles. The molecule has 1 unspecified atom stereocenters. The van der Waals surface area contributed by atoms with Crippen molar-refractivity contribution in [1.29, 1.82) is 0 Å². The highest BCUT2D eigenvalue weighted by molar-refractivity contribution is 5.88. The van der Waals surface area contributed by atoms with E-state index in [1.165, 1.54) is 0 Å². The van der Waals surface area contributed by atoms with Crippen LogP contribution >= 0.6 is 0 Å². The number of hydrogen-bond donors (Lipinski definition) is 2. The second-order valence-corrected chi connectivity index (χ2v) is 7.79. The monoisotopic (exact) mass is 353 g/mol. The van der Waals surface area contributed by atoms with Gasteiger partial charge in [0.1, 0.15) is 0 Å². The fourth-order valence-corrected chi connectivity index (χ4v) is 4.17. The largest absolute Gasteiger partial charge is 0.478 e. The zero-order chi connectivity index (χ0) is 19.3. The molecule has 0 aliphatic rings. The summed E-state index contributed by atoms with van der Waals surface area (Å²) in [5.74, 6) is -0.867. The number of carboxylic acid groups (broad SMARTS) is 1. The van der Waals surface area contributed by atoms with E-state index in [0.717, 1.165) is 83.5 Å². The van der Waals surface area contributed by atoms with E-state index in [9.17, 15) is 9.90 Å². The standard InChI is InChI=1S/C22H43NO2/c1-6-10-14-18-22(23,17-13-9-4)21(15-11-7-2,16-12-8-3)19(5)20(24)25/h5-18,23H2,1-4H3,(H,24,25). The average molecular weight is 354 g/mol. The van der Waals surface area contributed by atoms with Gasteiger partial charge >= 0.3 is 5.97 Å². The highest BCUT2D eigenvalue weighted by Gasteiger charge is 2.50. The fourth-order valence-electron chi connectivity index (χ4n) is 4.17. The van der Waals surface area contributed by atoms with E-state index in [-0.39, 0.29) is 0 Å². The van der Waals surface area contributed by atoms with Crippen molar-refractivity contribution < 1.29 is 9.90 Å². The molecule has 0 aromatic carbocycles. The minimum atomic E-state index is -0.867. The van der Waals surface area contributed by atoms with Crippen molar-refractivity contribution in [2.45, 2.75) is 117 Å². The van der Waals surface area contributed by atoms with Gasteiger partial charge in [0.05, 0.1) is 0 Å². The normalized spacial score (nSPS) is 14.3. The maximum Gasteiger partial charge on any atom is 0.331 e. The molecule has 3 N–H and O–H groups in total. The van der Waals surface area contributed by atoms with E-state index in [1.54, 1.807) is 0 Å². The van der Waals surface area contributed by atoms with Gasteiger partial charge in [-0.1, -0.05) is 92.1 Å². The zero-order valence-corrected chi connectivity index (χ0v) is 17.3. The lowest BCUT2D eigenvalue weighted by Gasteiger charge is -2.50. The lowest BCUT2D eigenvalue weighted by molar-refractivity contribution is -0.135. The smallest absolute Gasteiger partial charge is 0.331 e. The molecule has 0 heterocycles. The molecule has 148 valence electrons. The van der Waals surface area contributed by atoms with Crippen LogP contribution in [0.3, 0.4) is 0 Å². The second kappa shape index (κ2) is 12.5. The van der Waals surface area contributed by atoms with Gasteiger partial charge in [0.25, 0.3) is 0 Å². The number of rotatable bonds is 16. The summed E-state index contributed by atoms with van der Waals surface area (Å²) in [5, 5.41) is 9.82. The van der Waals surface area contributed by atoms with Gasteiger partial charge in [-0.2, -0.15) is 0 Å². The van der Waals surface area contributed by atoms with Crippen LogP contribution in [-0.4, -0.2) is 16.6 Å². The SMILES string of the molecule is C=C(C(=O)O)C(CCCC)(CCCC)C(N)(CCCC)CCCCC. The topological polar surface area (TPSA) is 63.3 Å². The third kappa shape index (κ3) is 6.77. The molecule has 0 radical (unpaired) electrons. The van der Waals surface area contributed by atoms with Gasteiger partial charge in [0.15, 0.2) is 0 Å². The summed E-state index contributed by atoms with van der Waals surface area (Å²) in [7, 11) is 0. The Morgan fingerprint density at radius 1 is 0.800 bits per heavy atom. The summed E-state index contributed by atoms with van der Waals surface area (Å²) in [6.45, 7) is 12.8. The first-order chi connectivity index (χ1) is 11.8. The molecule has 0 bridgehead atoms. The first-order valence-electron chi connectivity index (χ1n) is 10.6. The Balaban J connectivity index is 5.95. The van der Waals surface area contributed by atoms with Crippen molar-refractivity contribution in [2.24, 2.45) is 11.1 Å². The molecule has 1 atom stereocenters. The van der Waals surface area contributed by atoms with Gasteiger partial charge in [-0.3, -0.25) is 0 Å². The Hall–Kier alpha value is -0.830. The number of hydrogen-bond acceptors (Lipinski definition) is 2. The first-order valence-corrected chi connectivity index (χ1v) is 10.6. The highest BCUT2D eigenvalue weighted by atomic mass is 16.4. The molecule has 0 fully saturated rings. The van der Waals surface area contributed by atoms with Gasteiger partial charge in [-0.05, 0) is 25.7 Å². The lowest BCUT2D eigenvalue weighted by Crippen LogP contribution is -2.57. The molecule has 0 amide bonds. The van der Waals surface area contributed by atoms with Gasteiger partial charge in [-0.15, -0.1) is 0 Å². The van der Waals surface area contributed by atoms with Crippen LogP contribution in [0.1, 0.15) is 111 Å². The number of carbonyl (C=O) groups is 1. The quantitative estimate of drug-likeness (QED) is 0.247. The third-order valence-electron chi connectivity index (χ3n) is 5.91. The predicted octanol–water partition coefficient (Wildman–Crippen LogP) is 6.46. The summed E-state index contributed by atoms with van der Waals surface area (Å²) in [6.07, 6.45) is 13.1. The maximum absolute atomic E-state index is 12.0. The Labute approximate surface area is 156 Å². The lowest BCUT2D eigenvalue weighted by atomic mass is 9.57. The van der Waals surface area contributed by atoms with Crippen molar-refractivity contribution in [1.82, 2.24) is 0 Å². The Morgan fingerprint density at radius 2 is 1.20 bits per heavy atom. The van der Waals surface area contributed by atoms with E-state index in [0.29, 0.717) is 5.57 Å². The molecule has 0 spiro atoms. The number of carboxylic acids is 1. The van der Waals surface area contributed by atoms with Gasteiger partial charge in [0, 0.05) is 16.5 Å². The van der Waals surface area contributed by atoms with E-state index >= 15 is 0 Å². The molecule has 0 aromatic heterocycles. The molecular formula is C22H43NO2. The predicted molar refractivity (Wildman–Crippen MR) is 109 cm³/mol. The van der Waals surface area contributed by atoms with E-state index in [2.05, 4.69) is 34.3 Å². The summed E-state index contributed by atoms with van der Waals surface area (Å²) >= 11 is 0. The van der Waals surface area contributed by atoms with Crippen molar-refractivity contribution in [2.75, 3.05) is 0 Å². The molecule has 3 nitrogen and oxygen atoms in total. The van der Waals surface area contributed by atoms with Crippen LogP contribution in [0.15, 0.2) is 12.2 Å². The van der Waals surface area contributed by atoms with Gasteiger partial charge in [-0.25, -0.2) is 4.79 Å². The summed E-state index contributed by atoms with van der Waals surface area (Å²) in [6, 6.07) is 0. The molecular weight excluding hydrogens is 310 g/mol. The van der Waals surface area contributed by atoms with Crippen molar-refractivity contribution >= 4 is 5.97 Å². The summed E-state index contributed by atoms with van der Waals surface area (Å²) in [5.41, 5.74) is 6.51. The average Bonchev–Trinajstić information content (AvgIpc) is 2.60. The highest BCUT2D eigenvalue weighted by Crippen LogP contribution is 2.50. The van der Waals surface area contributed by atoms with Crippen LogP contribution in [0.2, 0.25) is 0 Å².